The topological polar surface area (TPSA) is 9.23 Å². The molecule has 0 spiro atoms. The Hall–Kier alpha value is -0.500. The van der Waals surface area contributed by atoms with Crippen LogP contribution in [-0.4, -0.2) is 5.60 Å². The second kappa shape index (κ2) is 3.70. The van der Waals surface area contributed by atoms with Gasteiger partial charge in [0.15, 0.2) is 0 Å². The summed E-state index contributed by atoms with van der Waals surface area (Å²) in [5, 5.41) is 0. The summed E-state index contributed by atoms with van der Waals surface area (Å²) in [6.07, 6.45) is 0. The van der Waals surface area contributed by atoms with Crippen LogP contribution >= 0.6 is 15.9 Å². The highest BCUT2D eigenvalue weighted by Crippen LogP contribution is 2.24. The van der Waals surface area contributed by atoms with Crippen molar-refractivity contribution in [1.82, 2.24) is 0 Å². The van der Waals surface area contributed by atoms with Gasteiger partial charge in [0.1, 0.15) is 11.4 Å². The average Bonchev–Trinajstić information content (AvgIpc) is 1.94. The van der Waals surface area contributed by atoms with Crippen molar-refractivity contribution in [3.05, 3.63) is 28.2 Å². The van der Waals surface area contributed by atoms with Gasteiger partial charge in [-0.2, -0.15) is 0 Å². The SMILES string of the molecule is Cc1ccc(OC(C)(C)C)cc1Br. The van der Waals surface area contributed by atoms with E-state index in [-0.39, 0.29) is 5.60 Å². The van der Waals surface area contributed by atoms with Crippen molar-refractivity contribution < 1.29 is 4.74 Å². The summed E-state index contributed by atoms with van der Waals surface area (Å²) in [5.74, 6) is 0.907. The second-order valence-corrected chi connectivity index (χ2v) is 4.98. The maximum atomic E-state index is 5.71. The van der Waals surface area contributed by atoms with Gasteiger partial charge in [-0.25, -0.2) is 0 Å². The second-order valence-electron chi connectivity index (χ2n) is 4.13. The van der Waals surface area contributed by atoms with E-state index in [1.54, 1.807) is 0 Å². The minimum atomic E-state index is -0.130. The van der Waals surface area contributed by atoms with Crippen LogP contribution in [0.3, 0.4) is 0 Å². The van der Waals surface area contributed by atoms with Crippen LogP contribution in [-0.2, 0) is 0 Å². The number of halogens is 1. The number of hydrogen-bond donors (Lipinski definition) is 0. The smallest absolute Gasteiger partial charge is 0.121 e. The quantitative estimate of drug-likeness (QED) is 0.726. The summed E-state index contributed by atoms with van der Waals surface area (Å²) >= 11 is 3.47. The van der Waals surface area contributed by atoms with E-state index < -0.39 is 0 Å². The molecule has 0 aliphatic heterocycles. The first-order valence-electron chi connectivity index (χ1n) is 4.34. The van der Waals surface area contributed by atoms with E-state index in [9.17, 15) is 0 Å². The molecule has 0 atom stereocenters. The van der Waals surface area contributed by atoms with E-state index in [0.717, 1.165) is 10.2 Å². The monoisotopic (exact) mass is 242 g/mol. The fourth-order valence-electron chi connectivity index (χ4n) is 0.991. The molecule has 2 heteroatoms. The summed E-state index contributed by atoms with van der Waals surface area (Å²) in [5.41, 5.74) is 1.09. The molecule has 0 aliphatic rings. The van der Waals surface area contributed by atoms with Crippen LogP contribution in [0.4, 0.5) is 0 Å². The highest BCUT2D eigenvalue weighted by Gasteiger charge is 2.11. The van der Waals surface area contributed by atoms with Crippen LogP contribution in [0.1, 0.15) is 26.3 Å². The summed E-state index contributed by atoms with van der Waals surface area (Å²) in [6.45, 7) is 8.19. The Morgan fingerprint density at radius 2 is 1.85 bits per heavy atom. The Bertz CT molecular complexity index is 299. The van der Waals surface area contributed by atoms with Gasteiger partial charge in [-0.3, -0.25) is 0 Å². The lowest BCUT2D eigenvalue weighted by molar-refractivity contribution is 0.131. The molecule has 0 saturated carbocycles. The molecule has 1 aromatic carbocycles. The third kappa shape index (κ3) is 3.39. The molecule has 1 nitrogen and oxygen atoms in total. The van der Waals surface area contributed by atoms with Crippen molar-refractivity contribution >= 4 is 15.9 Å². The first kappa shape index (κ1) is 10.6. The Morgan fingerprint density at radius 1 is 1.23 bits per heavy atom. The van der Waals surface area contributed by atoms with Gasteiger partial charge in [-0.15, -0.1) is 0 Å². The minimum Gasteiger partial charge on any atom is -0.488 e. The first-order chi connectivity index (χ1) is 5.88. The highest BCUT2D eigenvalue weighted by molar-refractivity contribution is 9.10. The number of hydrogen-bond acceptors (Lipinski definition) is 1. The normalized spacial score (nSPS) is 11.5. The van der Waals surface area contributed by atoms with E-state index >= 15 is 0 Å². The molecule has 13 heavy (non-hydrogen) atoms. The number of aryl methyl sites for hydroxylation is 1. The fraction of sp³-hybridized carbons (Fsp3) is 0.455. The largest absolute Gasteiger partial charge is 0.488 e. The molecule has 0 aliphatic carbocycles. The van der Waals surface area contributed by atoms with Gasteiger partial charge in [0.05, 0.1) is 0 Å². The van der Waals surface area contributed by atoms with Gasteiger partial charge in [-0.05, 0) is 45.4 Å². The van der Waals surface area contributed by atoms with E-state index in [0.29, 0.717) is 0 Å². The minimum absolute atomic E-state index is 0.130. The number of rotatable bonds is 1. The third-order valence-corrected chi connectivity index (χ3v) is 2.42. The zero-order valence-electron chi connectivity index (χ0n) is 8.52. The Labute approximate surface area is 88.2 Å². The number of benzene rings is 1. The highest BCUT2D eigenvalue weighted by atomic mass is 79.9. The molecule has 0 radical (unpaired) electrons. The molecule has 0 aromatic heterocycles. The van der Waals surface area contributed by atoms with Gasteiger partial charge in [-0.1, -0.05) is 22.0 Å². The van der Waals surface area contributed by atoms with Crippen molar-refractivity contribution in [1.29, 1.82) is 0 Å². The standard InChI is InChI=1S/C11H15BrO/c1-8-5-6-9(7-10(8)12)13-11(2,3)4/h5-7H,1-4H3. The van der Waals surface area contributed by atoms with Crippen LogP contribution < -0.4 is 4.74 Å². The molecular formula is C11H15BrO. The Kier molecular flexibility index (Phi) is 3.01. The van der Waals surface area contributed by atoms with E-state index in [2.05, 4.69) is 22.9 Å². The zero-order valence-corrected chi connectivity index (χ0v) is 10.1. The summed E-state index contributed by atoms with van der Waals surface area (Å²) < 4.78 is 6.80. The molecule has 1 aromatic rings. The van der Waals surface area contributed by atoms with Crippen LogP contribution in [0, 0.1) is 6.92 Å². The van der Waals surface area contributed by atoms with Gasteiger partial charge < -0.3 is 4.74 Å². The molecule has 0 saturated heterocycles. The maximum absolute atomic E-state index is 5.71. The molecule has 0 N–H and O–H groups in total. The van der Waals surface area contributed by atoms with Crippen molar-refractivity contribution in [2.24, 2.45) is 0 Å². The van der Waals surface area contributed by atoms with E-state index in [1.165, 1.54) is 5.56 Å². The first-order valence-corrected chi connectivity index (χ1v) is 5.13. The van der Waals surface area contributed by atoms with Gasteiger partial charge in [0, 0.05) is 4.47 Å². The average molecular weight is 243 g/mol. The molecular weight excluding hydrogens is 228 g/mol. The van der Waals surface area contributed by atoms with Gasteiger partial charge >= 0.3 is 0 Å². The van der Waals surface area contributed by atoms with Crippen molar-refractivity contribution in [2.75, 3.05) is 0 Å². The summed E-state index contributed by atoms with van der Waals surface area (Å²) in [6, 6.07) is 6.04. The Balaban J connectivity index is 2.86. The van der Waals surface area contributed by atoms with Crippen LogP contribution in [0.15, 0.2) is 22.7 Å². The van der Waals surface area contributed by atoms with Crippen LogP contribution in [0.5, 0.6) is 5.75 Å². The van der Waals surface area contributed by atoms with E-state index in [4.69, 9.17) is 4.74 Å². The molecule has 0 amide bonds. The third-order valence-electron chi connectivity index (χ3n) is 1.57. The lowest BCUT2D eigenvalue weighted by Gasteiger charge is -2.21. The summed E-state index contributed by atoms with van der Waals surface area (Å²) in [7, 11) is 0. The lowest BCUT2D eigenvalue weighted by Crippen LogP contribution is -2.22. The predicted octanol–water partition coefficient (Wildman–Crippen LogP) is 3.93. The summed E-state index contributed by atoms with van der Waals surface area (Å²) in [4.78, 5) is 0. The Morgan fingerprint density at radius 3 is 2.31 bits per heavy atom. The predicted molar refractivity (Wildman–Crippen MR) is 59.3 cm³/mol. The molecule has 0 unspecified atom stereocenters. The van der Waals surface area contributed by atoms with Crippen molar-refractivity contribution in [2.45, 2.75) is 33.3 Å². The fourth-order valence-corrected chi connectivity index (χ4v) is 1.35. The molecule has 0 fully saturated rings. The van der Waals surface area contributed by atoms with Crippen molar-refractivity contribution in [3.63, 3.8) is 0 Å². The maximum Gasteiger partial charge on any atom is 0.121 e. The molecule has 1 rings (SSSR count). The van der Waals surface area contributed by atoms with Gasteiger partial charge in [0.2, 0.25) is 0 Å². The van der Waals surface area contributed by atoms with Crippen LogP contribution in [0.2, 0.25) is 0 Å². The van der Waals surface area contributed by atoms with Crippen molar-refractivity contribution in [3.8, 4) is 5.75 Å². The molecule has 72 valence electrons. The number of ether oxygens (including phenoxy) is 1. The zero-order chi connectivity index (χ0) is 10.1. The lowest BCUT2D eigenvalue weighted by atomic mass is 10.2. The van der Waals surface area contributed by atoms with Crippen LogP contribution in [0.25, 0.3) is 0 Å². The van der Waals surface area contributed by atoms with E-state index in [1.807, 2.05) is 39.0 Å². The van der Waals surface area contributed by atoms with Gasteiger partial charge in [0.25, 0.3) is 0 Å². The molecule has 0 heterocycles. The molecule has 0 bridgehead atoms.